The van der Waals surface area contributed by atoms with Crippen LogP contribution in [-0.2, 0) is 0 Å². The summed E-state index contributed by atoms with van der Waals surface area (Å²) < 4.78 is 24.6. The lowest BCUT2D eigenvalue weighted by Crippen LogP contribution is -2.54. The fourth-order valence-corrected chi connectivity index (χ4v) is 3.28. The molecule has 2 unspecified atom stereocenters. The molecule has 1 aliphatic heterocycles. The molecule has 112 valence electrons. The second-order valence-corrected chi connectivity index (χ2v) is 6.00. The summed E-state index contributed by atoms with van der Waals surface area (Å²) in [6.45, 7) is 2.02. The van der Waals surface area contributed by atoms with Crippen LogP contribution in [0.5, 0.6) is 0 Å². The first kappa shape index (κ1) is 15.1. The maximum Gasteiger partial charge on any atom is 0.250 e. The highest BCUT2D eigenvalue weighted by molar-refractivity contribution is 4.90. The number of piperidine rings is 1. The smallest absolute Gasteiger partial charge is 0.250 e. The van der Waals surface area contributed by atoms with Gasteiger partial charge in [0.05, 0.1) is 6.54 Å². The summed E-state index contributed by atoms with van der Waals surface area (Å²) >= 11 is 0. The number of nitrogens with zero attached hydrogens (tertiary/aromatic N) is 1. The summed E-state index contributed by atoms with van der Waals surface area (Å²) in [4.78, 5) is 2.48. The number of hydrogen-bond acceptors (Lipinski definition) is 3. The molecule has 5 heteroatoms. The standard InChI is InChI=1S/C14H26F2N2O/c15-14(16)8-17-12-7-11(3-2-6-19)9-18(10-12)13-4-1-5-13/h11-14,17,19H,1-10H2. The zero-order chi connectivity index (χ0) is 13.7. The van der Waals surface area contributed by atoms with E-state index < -0.39 is 6.43 Å². The Kier molecular flexibility index (Phi) is 5.98. The van der Waals surface area contributed by atoms with Gasteiger partial charge in [0.1, 0.15) is 0 Å². The van der Waals surface area contributed by atoms with Crippen molar-refractivity contribution in [1.29, 1.82) is 0 Å². The quantitative estimate of drug-likeness (QED) is 0.745. The van der Waals surface area contributed by atoms with Gasteiger partial charge in [-0.05, 0) is 38.0 Å². The molecular formula is C14H26F2N2O. The average Bonchev–Trinajstić information content (AvgIpc) is 2.31. The van der Waals surface area contributed by atoms with E-state index in [1.807, 2.05) is 0 Å². The van der Waals surface area contributed by atoms with E-state index in [-0.39, 0.29) is 19.2 Å². The minimum atomic E-state index is -2.27. The SMILES string of the molecule is OCCCC1CC(NCC(F)F)CN(C2CCC2)C1. The maximum absolute atomic E-state index is 12.3. The molecule has 2 N–H and O–H groups in total. The molecule has 2 fully saturated rings. The van der Waals surface area contributed by atoms with Crippen molar-refractivity contribution < 1.29 is 13.9 Å². The Balaban J connectivity index is 1.83. The summed E-state index contributed by atoms with van der Waals surface area (Å²) in [5.74, 6) is 0.539. The van der Waals surface area contributed by atoms with Crippen LogP contribution in [0.25, 0.3) is 0 Å². The van der Waals surface area contributed by atoms with Crippen LogP contribution in [0.4, 0.5) is 8.78 Å². The molecule has 0 aromatic carbocycles. The van der Waals surface area contributed by atoms with Crippen molar-refractivity contribution >= 4 is 0 Å². The fraction of sp³-hybridized carbons (Fsp3) is 1.00. The van der Waals surface area contributed by atoms with Gasteiger partial charge in [-0.1, -0.05) is 6.42 Å². The summed E-state index contributed by atoms with van der Waals surface area (Å²) in [5, 5.41) is 11.9. The van der Waals surface area contributed by atoms with Crippen LogP contribution in [0, 0.1) is 5.92 Å². The molecule has 0 aromatic heterocycles. The molecule has 1 saturated heterocycles. The van der Waals surface area contributed by atoms with Crippen LogP contribution in [0.3, 0.4) is 0 Å². The van der Waals surface area contributed by atoms with E-state index in [9.17, 15) is 8.78 Å². The zero-order valence-electron chi connectivity index (χ0n) is 11.5. The summed E-state index contributed by atoms with van der Waals surface area (Å²) in [6.07, 6.45) is 4.35. The number of hydrogen-bond donors (Lipinski definition) is 2. The van der Waals surface area contributed by atoms with Crippen LogP contribution in [-0.4, -0.2) is 54.8 Å². The van der Waals surface area contributed by atoms with Crippen molar-refractivity contribution in [2.24, 2.45) is 5.92 Å². The molecule has 1 heterocycles. The molecule has 0 aromatic rings. The van der Waals surface area contributed by atoms with E-state index in [4.69, 9.17) is 5.11 Å². The van der Waals surface area contributed by atoms with Gasteiger partial charge in [-0.15, -0.1) is 0 Å². The van der Waals surface area contributed by atoms with Crippen molar-refractivity contribution in [3.05, 3.63) is 0 Å². The third kappa shape index (κ3) is 4.65. The van der Waals surface area contributed by atoms with Gasteiger partial charge >= 0.3 is 0 Å². The normalized spacial score (nSPS) is 29.7. The van der Waals surface area contributed by atoms with E-state index >= 15 is 0 Å². The van der Waals surface area contributed by atoms with Crippen LogP contribution in [0.1, 0.15) is 38.5 Å². The Bertz CT molecular complexity index is 262. The molecular weight excluding hydrogens is 250 g/mol. The van der Waals surface area contributed by atoms with Gasteiger partial charge in [0.25, 0.3) is 6.43 Å². The van der Waals surface area contributed by atoms with E-state index in [1.165, 1.54) is 19.3 Å². The molecule has 0 amide bonds. The van der Waals surface area contributed by atoms with Gasteiger partial charge in [0.2, 0.25) is 0 Å². The Morgan fingerprint density at radius 1 is 1.26 bits per heavy atom. The van der Waals surface area contributed by atoms with E-state index in [2.05, 4.69) is 10.2 Å². The molecule has 0 bridgehead atoms. The highest BCUT2D eigenvalue weighted by atomic mass is 19.3. The van der Waals surface area contributed by atoms with Gasteiger partial charge in [0, 0.05) is 31.8 Å². The highest BCUT2D eigenvalue weighted by Gasteiger charge is 2.33. The van der Waals surface area contributed by atoms with Crippen molar-refractivity contribution in [3.8, 4) is 0 Å². The minimum absolute atomic E-state index is 0.187. The molecule has 0 spiro atoms. The molecule has 2 atom stereocenters. The predicted octanol–water partition coefficient (Wildman–Crippen LogP) is 1.86. The molecule has 0 radical (unpaired) electrons. The number of rotatable bonds is 7. The zero-order valence-corrected chi connectivity index (χ0v) is 11.5. The van der Waals surface area contributed by atoms with E-state index in [0.29, 0.717) is 12.0 Å². The van der Waals surface area contributed by atoms with Crippen molar-refractivity contribution in [3.63, 3.8) is 0 Å². The predicted molar refractivity (Wildman–Crippen MR) is 71.4 cm³/mol. The first-order chi connectivity index (χ1) is 9.19. The van der Waals surface area contributed by atoms with Gasteiger partial charge in [-0.3, -0.25) is 4.90 Å². The Morgan fingerprint density at radius 3 is 2.63 bits per heavy atom. The second kappa shape index (κ2) is 7.50. The first-order valence-corrected chi connectivity index (χ1v) is 7.55. The minimum Gasteiger partial charge on any atom is -0.396 e. The maximum atomic E-state index is 12.3. The average molecular weight is 276 g/mol. The van der Waals surface area contributed by atoms with E-state index in [1.54, 1.807) is 0 Å². The van der Waals surface area contributed by atoms with Gasteiger partial charge in [-0.2, -0.15) is 0 Å². The summed E-state index contributed by atoms with van der Waals surface area (Å²) in [6, 6.07) is 0.861. The number of aliphatic hydroxyl groups excluding tert-OH is 1. The molecule has 1 saturated carbocycles. The van der Waals surface area contributed by atoms with Crippen molar-refractivity contribution in [2.45, 2.75) is 57.0 Å². The van der Waals surface area contributed by atoms with Crippen LogP contribution >= 0.6 is 0 Å². The van der Waals surface area contributed by atoms with Crippen LogP contribution in [0.2, 0.25) is 0 Å². The molecule has 2 aliphatic rings. The number of alkyl halides is 2. The number of nitrogens with one attached hydrogen (secondary N) is 1. The van der Waals surface area contributed by atoms with Crippen molar-refractivity contribution in [2.75, 3.05) is 26.2 Å². The number of halogens is 2. The third-order valence-corrected chi connectivity index (χ3v) is 4.49. The lowest BCUT2D eigenvalue weighted by molar-refractivity contribution is 0.0481. The van der Waals surface area contributed by atoms with Gasteiger partial charge in [0.15, 0.2) is 0 Å². The molecule has 3 nitrogen and oxygen atoms in total. The molecule has 1 aliphatic carbocycles. The lowest BCUT2D eigenvalue weighted by atomic mass is 9.85. The summed E-state index contributed by atoms with van der Waals surface area (Å²) in [7, 11) is 0. The van der Waals surface area contributed by atoms with Crippen molar-refractivity contribution in [1.82, 2.24) is 10.2 Å². The largest absolute Gasteiger partial charge is 0.396 e. The Labute approximate surface area is 114 Å². The number of aliphatic hydroxyl groups is 1. The van der Waals surface area contributed by atoms with E-state index in [0.717, 1.165) is 32.4 Å². The molecule has 2 rings (SSSR count). The highest BCUT2D eigenvalue weighted by Crippen LogP contribution is 2.30. The second-order valence-electron chi connectivity index (χ2n) is 6.00. The topological polar surface area (TPSA) is 35.5 Å². The Hall–Kier alpha value is -0.260. The fourth-order valence-electron chi connectivity index (χ4n) is 3.28. The van der Waals surface area contributed by atoms with Crippen LogP contribution < -0.4 is 5.32 Å². The lowest BCUT2D eigenvalue weighted by Gasteiger charge is -2.45. The Morgan fingerprint density at radius 2 is 2.05 bits per heavy atom. The third-order valence-electron chi connectivity index (χ3n) is 4.49. The first-order valence-electron chi connectivity index (χ1n) is 7.55. The monoisotopic (exact) mass is 276 g/mol. The number of likely N-dealkylation sites (tertiary alicyclic amines) is 1. The molecule has 19 heavy (non-hydrogen) atoms. The summed E-state index contributed by atoms with van der Waals surface area (Å²) in [5.41, 5.74) is 0. The van der Waals surface area contributed by atoms with Gasteiger partial charge in [-0.25, -0.2) is 8.78 Å². The van der Waals surface area contributed by atoms with Crippen LogP contribution in [0.15, 0.2) is 0 Å². The van der Waals surface area contributed by atoms with Gasteiger partial charge < -0.3 is 10.4 Å².